The Morgan fingerprint density at radius 1 is 1.42 bits per heavy atom. The van der Waals surface area contributed by atoms with E-state index >= 15 is 0 Å². The lowest BCUT2D eigenvalue weighted by molar-refractivity contribution is -0.150. The molecule has 11 nitrogen and oxygen atoms in total. The molecule has 2 unspecified atom stereocenters. The van der Waals surface area contributed by atoms with Crippen LogP contribution in [0, 0.1) is 0 Å². The fourth-order valence-electron chi connectivity index (χ4n) is 3.26. The Kier molecular flexibility index (Phi) is 6.04. The van der Waals surface area contributed by atoms with E-state index in [0.717, 1.165) is 29.1 Å². The van der Waals surface area contributed by atoms with E-state index in [1.165, 1.54) is 23.2 Å². The smallest absolute Gasteiger partial charge is 0.352 e. The molecule has 1 aromatic rings. The zero-order valence-electron chi connectivity index (χ0n) is 15.9. The summed E-state index contributed by atoms with van der Waals surface area (Å²) in [4.78, 5) is 58.2. The number of carbonyl (C=O) groups is 4. The van der Waals surface area contributed by atoms with Crippen LogP contribution in [0.4, 0.5) is 5.13 Å². The SMILES string of the molecule is O=CNc1nc(C(=NOC2C=CCC2)C(=O)NC2C(=O)N3C(C(=O)O)=CCS[C@@H]23)cs1. The summed E-state index contributed by atoms with van der Waals surface area (Å²) in [6, 6.07) is -0.900. The predicted octanol–water partition coefficient (Wildman–Crippen LogP) is 0.519. The fraction of sp³-hybridized carbons (Fsp3) is 0.333. The van der Waals surface area contributed by atoms with Crippen LogP contribution in [0.15, 0.2) is 34.5 Å². The molecule has 3 atom stereocenters. The molecule has 3 amide bonds. The minimum Gasteiger partial charge on any atom is -0.477 e. The maximum atomic E-state index is 13.0. The molecule has 162 valence electrons. The van der Waals surface area contributed by atoms with E-state index in [9.17, 15) is 24.3 Å². The quantitative estimate of drug-likeness (QED) is 0.166. The second kappa shape index (κ2) is 8.89. The van der Waals surface area contributed by atoms with Gasteiger partial charge in [0.1, 0.15) is 28.9 Å². The number of rotatable bonds is 8. The Labute approximate surface area is 184 Å². The van der Waals surface area contributed by atoms with Gasteiger partial charge in [0, 0.05) is 11.1 Å². The van der Waals surface area contributed by atoms with Gasteiger partial charge in [-0.25, -0.2) is 9.78 Å². The van der Waals surface area contributed by atoms with Crippen LogP contribution in [-0.2, 0) is 24.0 Å². The second-order valence-electron chi connectivity index (χ2n) is 6.67. The van der Waals surface area contributed by atoms with E-state index in [2.05, 4.69) is 20.8 Å². The third kappa shape index (κ3) is 4.18. The summed E-state index contributed by atoms with van der Waals surface area (Å²) < 4.78 is 0. The molecule has 0 radical (unpaired) electrons. The third-order valence-electron chi connectivity index (χ3n) is 4.74. The molecule has 0 spiro atoms. The van der Waals surface area contributed by atoms with Crippen LogP contribution in [0.2, 0.25) is 0 Å². The van der Waals surface area contributed by atoms with E-state index in [1.54, 1.807) is 0 Å². The Hall–Kier alpha value is -3.19. The van der Waals surface area contributed by atoms with Gasteiger partial charge in [0.05, 0.1) is 0 Å². The van der Waals surface area contributed by atoms with Crippen molar-refractivity contribution in [1.29, 1.82) is 0 Å². The number of anilines is 1. The van der Waals surface area contributed by atoms with Crippen molar-refractivity contribution < 1.29 is 29.1 Å². The Bertz CT molecular complexity index is 1020. The Morgan fingerprint density at radius 3 is 2.97 bits per heavy atom. The van der Waals surface area contributed by atoms with Gasteiger partial charge in [-0.15, -0.1) is 23.1 Å². The summed E-state index contributed by atoms with van der Waals surface area (Å²) >= 11 is 2.45. The third-order valence-corrected chi connectivity index (χ3v) is 6.70. The van der Waals surface area contributed by atoms with Crippen molar-refractivity contribution in [1.82, 2.24) is 15.2 Å². The number of aromatic nitrogens is 1. The van der Waals surface area contributed by atoms with Crippen LogP contribution in [0.1, 0.15) is 18.5 Å². The van der Waals surface area contributed by atoms with Crippen molar-refractivity contribution in [2.75, 3.05) is 11.1 Å². The van der Waals surface area contributed by atoms with Crippen molar-refractivity contribution in [2.24, 2.45) is 5.16 Å². The number of oxime groups is 1. The summed E-state index contributed by atoms with van der Waals surface area (Å²) in [6.07, 6.45) is 7.02. The first-order chi connectivity index (χ1) is 15.0. The van der Waals surface area contributed by atoms with Gasteiger partial charge in [0.25, 0.3) is 11.8 Å². The highest BCUT2D eigenvalue weighted by Gasteiger charge is 2.53. The van der Waals surface area contributed by atoms with Crippen LogP contribution in [0.5, 0.6) is 0 Å². The zero-order valence-corrected chi connectivity index (χ0v) is 17.5. The number of nitrogens with one attached hydrogen (secondary N) is 2. The molecule has 0 aromatic carbocycles. The van der Waals surface area contributed by atoms with E-state index in [0.29, 0.717) is 12.2 Å². The number of hydrogen-bond donors (Lipinski definition) is 3. The zero-order chi connectivity index (χ0) is 22.0. The summed E-state index contributed by atoms with van der Waals surface area (Å²) in [5.74, 6) is -1.98. The lowest BCUT2D eigenvalue weighted by Crippen LogP contribution is -2.70. The number of aliphatic carboxylic acids is 1. The van der Waals surface area contributed by atoms with E-state index in [4.69, 9.17) is 4.84 Å². The second-order valence-corrected chi connectivity index (χ2v) is 8.67. The molecule has 1 fully saturated rings. The van der Waals surface area contributed by atoms with Gasteiger partial charge in [0.15, 0.2) is 10.8 Å². The first-order valence-electron chi connectivity index (χ1n) is 9.25. The predicted molar refractivity (Wildman–Crippen MR) is 112 cm³/mol. The molecule has 1 aromatic heterocycles. The number of thioether (sulfide) groups is 1. The Morgan fingerprint density at radius 2 is 2.26 bits per heavy atom. The largest absolute Gasteiger partial charge is 0.477 e. The molecule has 1 aliphatic carbocycles. The maximum Gasteiger partial charge on any atom is 0.352 e. The molecule has 0 saturated carbocycles. The average molecular weight is 463 g/mol. The van der Waals surface area contributed by atoms with Crippen molar-refractivity contribution in [3.8, 4) is 0 Å². The molecule has 4 rings (SSSR count). The van der Waals surface area contributed by atoms with E-state index in [-0.39, 0.29) is 28.3 Å². The molecule has 1 saturated heterocycles. The monoisotopic (exact) mass is 463 g/mol. The summed E-state index contributed by atoms with van der Waals surface area (Å²) in [6.45, 7) is 0. The van der Waals surface area contributed by atoms with Gasteiger partial charge in [-0.3, -0.25) is 19.3 Å². The first-order valence-corrected chi connectivity index (χ1v) is 11.2. The molecule has 3 aliphatic rings. The summed E-state index contributed by atoms with van der Waals surface area (Å²) in [5, 5.41) is 19.6. The molecule has 13 heteroatoms. The number of β-lactam (4-membered cyclic amide) rings is 1. The lowest BCUT2D eigenvalue weighted by atomic mass is 10.0. The summed E-state index contributed by atoms with van der Waals surface area (Å²) in [7, 11) is 0. The number of amides is 3. The van der Waals surface area contributed by atoms with Crippen LogP contribution < -0.4 is 10.6 Å². The maximum absolute atomic E-state index is 13.0. The topological polar surface area (TPSA) is 150 Å². The van der Waals surface area contributed by atoms with Gasteiger partial charge in [0.2, 0.25) is 6.41 Å². The minimum atomic E-state index is -1.19. The molecule has 31 heavy (non-hydrogen) atoms. The van der Waals surface area contributed by atoms with Crippen molar-refractivity contribution in [3.05, 3.63) is 35.0 Å². The minimum absolute atomic E-state index is 0.0893. The highest BCUT2D eigenvalue weighted by atomic mass is 32.2. The molecular weight excluding hydrogens is 446 g/mol. The molecule has 3 N–H and O–H groups in total. The number of allylic oxidation sites excluding steroid dienone is 1. The molecule has 3 heterocycles. The highest BCUT2D eigenvalue weighted by molar-refractivity contribution is 8.00. The van der Waals surface area contributed by atoms with Crippen LogP contribution in [0.3, 0.4) is 0 Å². The molecule has 0 bridgehead atoms. The number of hydrogen-bond acceptors (Lipinski definition) is 9. The van der Waals surface area contributed by atoms with Gasteiger partial charge in [-0.2, -0.15) is 0 Å². The normalized spacial score (nSPS) is 24.7. The molecule has 2 aliphatic heterocycles. The number of carboxylic acid groups (broad SMARTS) is 1. The van der Waals surface area contributed by atoms with Crippen LogP contribution >= 0.6 is 23.1 Å². The average Bonchev–Trinajstić information content (AvgIpc) is 3.44. The Balaban J connectivity index is 1.52. The fourth-order valence-corrected chi connectivity index (χ4v) is 5.11. The van der Waals surface area contributed by atoms with Gasteiger partial charge in [-0.1, -0.05) is 11.2 Å². The molecular formula is C18H17N5O6S2. The number of fused-ring (bicyclic) bond motifs is 1. The van der Waals surface area contributed by atoms with Crippen LogP contribution in [0.25, 0.3) is 0 Å². The van der Waals surface area contributed by atoms with E-state index in [1.807, 2.05) is 12.2 Å². The summed E-state index contributed by atoms with van der Waals surface area (Å²) in [5.41, 5.74) is -0.0509. The highest BCUT2D eigenvalue weighted by Crippen LogP contribution is 2.37. The number of thiazole rings is 1. The van der Waals surface area contributed by atoms with Crippen molar-refractivity contribution in [3.63, 3.8) is 0 Å². The van der Waals surface area contributed by atoms with Crippen molar-refractivity contribution in [2.45, 2.75) is 30.4 Å². The van der Waals surface area contributed by atoms with Crippen LogP contribution in [-0.4, -0.2) is 68.2 Å². The van der Waals surface area contributed by atoms with Gasteiger partial charge >= 0.3 is 5.97 Å². The standard InChI is InChI=1S/C18H17N5O6S2/c24-8-19-18-20-10(7-31-18)12(22-29-9-3-1-2-4-9)14(25)21-13-15(26)23-11(17(27)28)5-6-30-16(13)23/h1,3,5,7-9,13,16H,2,4,6H2,(H,21,25)(H,27,28)(H,19,20,24)/t9?,13?,16-/m0/s1. The number of carboxylic acids is 1. The first kappa shape index (κ1) is 21.1. The van der Waals surface area contributed by atoms with Gasteiger partial charge < -0.3 is 20.6 Å². The van der Waals surface area contributed by atoms with Gasteiger partial charge in [-0.05, 0) is 25.0 Å². The number of carbonyl (C=O) groups excluding carboxylic acids is 3. The van der Waals surface area contributed by atoms with E-state index < -0.39 is 29.2 Å². The number of nitrogens with zero attached hydrogens (tertiary/aromatic N) is 3. The lowest BCUT2D eigenvalue weighted by Gasteiger charge is -2.48. The van der Waals surface area contributed by atoms with Crippen molar-refractivity contribution >= 4 is 58.1 Å².